The van der Waals surface area contributed by atoms with Gasteiger partial charge >= 0.3 is 0 Å². The first-order chi connectivity index (χ1) is 8.20. The molecule has 1 aromatic heterocycles. The van der Waals surface area contributed by atoms with E-state index in [-0.39, 0.29) is 12.0 Å². The Morgan fingerprint density at radius 3 is 2.94 bits per heavy atom. The highest BCUT2D eigenvalue weighted by Gasteiger charge is 2.24. The Morgan fingerprint density at radius 2 is 2.35 bits per heavy atom. The second-order valence-electron chi connectivity index (χ2n) is 4.64. The van der Waals surface area contributed by atoms with Crippen molar-refractivity contribution in [1.29, 1.82) is 0 Å². The first-order valence-electron chi connectivity index (χ1n) is 6.32. The summed E-state index contributed by atoms with van der Waals surface area (Å²) in [7, 11) is 0. The van der Waals surface area contributed by atoms with Crippen LogP contribution in [0, 0.1) is 0 Å². The third-order valence-electron chi connectivity index (χ3n) is 3.26. The summed E-state index contributed by atoms with van der Waals surface area (Å²) in [6.45, 7) is 4.58. The molecule has 2 rings (SSSR count). The summed E-state index contributed by atoms with van der Waals surface area (Å²) in [6, 6.07) is 0. The lowest BCUT2D eigenvalue weighted by Crippen LogP contribution is -2.14. The smallest absolute Gasteiger partial charge is 0.232 e. The van der Waals surface area contributed by atoms with Crippen LogP contribution in [0.2, 0.25) is 0 Å². The largest absolute Gasteiger partial charge is 0.393 e. The van der Waals surface area contributed by atoms with Gasteiger partial charge in [0.25, 0.3) is 0 Å². The molecule has 96 valence electrons. The Labute approximate surface area is 101 Å². The van der Waals surface area contributed by atoms with Crippen molar-refractivity contribution in [2.45, 2.75) is 57.7 Å². The van der Waals surface area contributed by atoms with E-state index in [0.717, 1.165) is 25.9 Å². The van der Waals surface area contributed by atoms with Crippen LogP contribution < -0.4 is 0 Å². The fraction of sp³-hybridized carbons (Fsp3) is 0.833. The third-order valence-corrected chi connectivity index (χ3v) is 3.26. The Balaban J connectivity index is 1.99. The van der Waals surface area contributed by atoms with Gasteiger partial charge in [-0.15, -0.1) is 0 Å². The van der Waals surface area contributed by atoms with Gasteiger partial charge in [-0.05, 0) is 26.2 Å². The van der Waals surface area contributed by atoms with Crippen molar-refractivity contribution in [3.05, 3.63) is 11.7 Å². The summed E-state index contributed by atoms with van der Waals surface area (Å²) < 4.78 is 10.7. The molecular weight excluding hydrogens is 220 g/mol. The van der Waals surface area contributed by atoms with E-state index in [0.29, 0.717) is 18.1 Å². The number of nitrogens with zero attached hydrogens (tertiary/aromatic N) is 2. The van der Waals surface area contributed by atoms with Crippen molar-refractivity contribution in [1.82, 2.24) is 10.1 Å². The van der Waals surface area contributed by atoms with Gasteiger partial charge in [0.15, 0.2) is 5.82 Å². The number of ether oxygens (including phenoxy) is 1. The normalized spacial score (nSPS) is 23.8. The minimum absolute atomic E-state index is 0.0688. The quantitative estimate of drug-likeness (QED) is 0.847. The predicted molar refractivity (Wildman–Crippen MR) is 61.7 cm³/mol. The molecule has 0 aliphatic carbocycles. The van der Waals surface area contributed by atoms with Crippen LogP contribution in [0.4, 0.5) is 0 Å². The molecule has 1 aliphatic rings. The molecule has 5 heteroatoms. The molecule has 1 N–H and O–H groups in total. The van der Waals surface area contributed by atoms with E-state index in [1.165, 1.54) is 0 Å². The van der Waals surface area contributed by atoms with Gasteiger partial charge in [0.1, 0.15) is 0 Å². The summed E-state index contributed by atoms with van der Waals surface area (Å²) in [5.74, 6) is 1.15. The van der Waals surface area contributed by atoms with Gasteiger partial charge in [-0.3, -0.25) is 0 Å². The Hall–Kier alpha value is -0.940. The van der Waals surface area contributed by atoms with E-state index in [4.69, 9.17) is 9.26 Å². The number of rotatable bonds is 5. The summed E-state index contributed by atoms with van der Waals surface area (Å²) >= 11 is 0. The van der Waals surface area contributed by atoms with Crippen LogP contribution in [0.3, 0.4) is 0 Å². The maximum absolute atomic E-state index is 9.61. The van der Waals surface area contributed by atoms with Gasteiger partial charge in [-0.2, -0.15) is 4.98 Å². The van der Waals surface area contributed by atoms with E-state index in [1.54, 1.807) is 6.92 Å². The van der Waals surface area contributed by atoms with Gasteiger partial charge in [0.05, 0.1) is 18.1 Å². The average Bonchev–Trinajstić information content (AvgIpc) is 2.91. The summed E-state index contributed by atoms with van der Waals surface area (Å²) in [5.41, 5.74) is 0. The molecule has 0 aromatic carbocycles. The zero-order chi connectivity index (χ0) is 12.3. The fourth-order valence-corrected chi connectivity index (χ4v) is 2.23. The van der Waals surface area contributed by atoms with E-state index in [9.17, 15) is 5.11 Å². The Kier molecular flexibility index (Phi) is 4.12. The van der Waals surface area contributed by atoms with Gasteiger partial charge in [-0.1, -0.05) is 12.1 Å². The van der Waals surface area contributed by atoms with Gasteiger partial charge in [-0.25, -0.2) is 0 Å². The second kappa shape index (κ2) is 5.60. The number of aromatic nitrogens is 2. The first kappa shape index (κ1) is 12.5. The molecule has 2 heterocycles. The molecule has 0 saturated carbocycles. The molecule has 1 saturated heterocycles. The van der Waals surface area contributed by atoms with Crippen LogP contribution in [0.25, 0.3) is 0 Å². The molecule has 0 radical (unpaired) electrons. The molecular formula is C12H20N2O3. The standard InChI is InChI=1S/C12H20N2O3/c1-3-10(8(2)15)12-13-11(14-17-12)7-9-5-4-6-16-9/h8-10,15H,3-7H2,1-2H3. The molecule has 0 amide bonds. The zero-order valence-electron chi connectivity index (χ0n) is 10.4. The highest BCUT2D eigenvalue weighted by molar-refractivity contribution is 4.97. The SMILES string of the molecule is CCC(c1nc(CC2CCCO2)no1)C(C)O. The van der Waals surface area contributed by atoms with Crippen molar-refractivity contribution in [3.8, 4) is 0 Å². The summed E-state index contributed by atoms with van der Waals surface area (Å²) in [5, 5.41) is 13.6. The Morgan fingerprint density at radius 1 is 1.53 bits per heavy atom. The number of hydrogen-bond acceptors (Lipinski definition) is 5. The van der Waals surface area contributed by atoms with E-state index < -0.39 is 6.10 Å². The van der Waals surface area contributed by atoms with Gasteiger partial charge < -0.3 is 14.4 Å². The van der Waals surface area contributed by atoms with Crippen molar-refractivity contribution < 1.29 is 14.4 Å². The molecule has 0 bridgehead atoms. The lowest BCUT2D eigenvalue weighted by atomic mass is 10.0. The topological polar surface area (TPSA) is 68.4 Å². The van der Waals surface area contributed by atoms with Crippen LogP contribution in [-0.4, -0.2) is 34.1 Å². The highest BCUT2D eigenvalue weighted by Crippen LogP contribution is 2.22. The maximum Gasteiger partial charge on any atom is 0.232 e. The summed E-state index contributed by atoms with van der Waals surface area (Å²) in [4.78, 5) is 4.35. The van der Waals surface area contributed by atoms with Crippen LogP contribution in [0.5, 0.6) is 0 Å². The first-order valence-corrected chi connectivity index (χ1v) is 6.32. The van der Waals surface area contributed by atoms with Crippen LogP contribution in [0.1, 0.15) is 50.7 Å². The molecule has 3 atom stereocenters. The lowest BCUT2D eigenvalue weighted by Gasteiger charge is -2.12. The predicted octanol–water partition coefficient (Wildman–Crippen LogP) is 1.67. The van der Waals surface area contributed by atoms with Crippen molar-refractivity contribution in [2.24, 2.45) is 0 Å². The average molecular weight is 240 g/mol. The molecule has 3 unspecified atom stereocenters. The van der Waals surface area contributed by atoms with Crippen molar-refractivity contribution in [3.63, 3.8) is 0 Å². The zero-order valence-corrected chi connectivity index (χ0v) is 10.4. The molecule has 1 aliphatic heterocycles. The van der Waals surface area contributed by atoms with Gasteiger partial charge in [0.2, 0.25) is 5.89 Å². The Bertz CT molecular complexity index is 345. The van der Waals surface area contributed by atoms with Crippen molar-refractivity contribution >= 4 is 0 Å². The van der Waals surface area contributed by atoms with Gasteiger partial charge in [0, 0.05) is 13.0 Å². The molecule has 17 heavy (non-hydrogen) atoms. The van der Waals surface area contributed by atoms with Crippen LogP contribution in [-0.2, 0) is 11.2 Å². The lowest BCUT2D eigenvalue weighted by molar-refractivity contribution is 0.109. The van der Waals surface area contributed by atoms with Crippen LogP contribution in [0.15, 0.2) is 4.52 Å². The highest BCUT2D eigenvalue weighted by atomic mass is 16.5. The van der Waals surface area contributed by atoms with Crippen LogP contribution >= 0.6 is 0 Å². The van der Waals surface area contributed by atoms with E-state index in [1.807, 2.05) is 6.92 Å². The van der Waals surface area contributed by atoms with E-state index in [2.05, 4.69) is 10.1 Å². The number of hydrogen-bond donors (Lipinski definition) is 1. The molecule has 5 nitrogen and oxygen atoms in total. The minimum Gasteiger partial charge on any atom is -0.393 e. The molecule has 1 aromatic rings. The minimum atomic E-state index is -0.462. The monoisotopic (exact) mass is 240 g/mol. The molecule has 0 spiro atoms. The fourth-order valence-electron chi connectivity index (χ4n) is 2.23. The summed E-state index contributed by atoms with van der Waals surface area (Å²) in [6.07, 6.45) is 3.44. The second-order valence-corrected chi connectivity index (χ2v) is 4.64. The molecule has 1 fully saturated rings. The maximum atomic E-state index is 9.61. The third kappa shape index (κ3) is 3.04. The van der Waals surface area contributed by atoms with Crippen molar-refractivity contribution in [2.75, 3.05) is 6.61 Å². The van der Waals surface area contributed by atoms with E-state index >= 15 is 0 Å². The number of aliphatic hydroxyl groups is 1. The number of aliphatic hydroxyl groups excluding tert-OH is 1.